The Balaban J connectivity index is 2.19. The van der Waals surface area contributed by atoms with Crippen LogP contribution in [0, 0.1) is 0 Å². The highest BCUT2D eigenvalue weighted by Gasteiger charge is 2.34. The second kappa shape index (κ2) is 4.33. The van der Waals surface area contributed by atoms with Crippen molar-refractivity contribution in [1.29, 1.82) is 0 Å². The van der Waals surface area contributed by atoms with Crippen LogP contribution in [0.3, 0.4) is 0 Å². The Kier molecular flexibility index (Phi) is 3.08. The van der Waals surface area contributed by atoms with Crippen molar-refractivity contribution in [1.82, 2.24) is 0 Å². The van der Waals surface area contributed by atoms with E-state index in [2.05, 4.69) is 38.1 Å². The van der Waals surface area contributed by atoms with E-state index in [0.29, 0.717) is 0 Å². The van der Waals surface area contributed by atoms with Crippen LogP contribution in [-0.2, 0) is 15.1 Å². The first-order valence-corrected chi connectivity index (χ1v) is 5.59. The lowest BCUT2D eigenvalue weighted by Crippen LogP contribution is -2.39. The van der Waals surface area contributed by atoms with Crippen LogP contribution in [0.25, 0.3) is 0 Å². The minimum Gasteiger partial charge on any atom is -0.353 e. The molecule has 0 spiro atoms. The van der Waals surface area contributed by atoms with Gasteiger partial charge in [-0.25, -0.2) is 0 Å². The van der Waals surface area contributed by atoms with Crippen LogP contribution in [0.15, 0.2) is 30.3 Å². The third-order valence-corrected chi connectivity index (χ3v) is 2.99. The predicted octanol–water partition coefficient (Wildman–Crippen LogP) is 3.07. The highest BCUT2D eigenvalue weighted by Crippen LogP contribution is 2.34. The number of rotatable bonds is 2. The fraction of sp³-hybridized carbons (Fsp3) is 0.538. The molecule has 2 unspecified atom stereocenters. The average molecular weight is 206 g/mol. The van der Waals surface area contributed by atoms with E-state index in [9.17, 15) is 0 Å². The van der Waals surface area contributed by atoms with Crippen LogP contribution < -0.4 is 0 Å². The molecule has 0 bridgehead atoms. The SMILES string of the molecule is CCC1OCCC(C)(c2ccccc2)O1. The third-order valence-electron chi connectivity index (χ3n) is 2.99. The van der Waals surface area contributed by atoms with Crippen molar-refractivity contribution >= 4 is 0 Å². The van der Waals surface area contributed by atoms with Gasteiger partial charge in [0.25, 0.3) is 0 Å². The molecular weight excluding hydrogens is 188 g/mol. The molecule has 0 saturated carbocycles. The van der Waals surface area contributed by atoms with Gasteiger partial charge in [-0.3, -0.25) is 0 Å². The van der Waals surface area contributed by atoms with Gasteiger partial charge in [-0.05, 0) is 18.9 Å². The van der Waals surface area contributed by atoms with Gasteiger partial charge in [-0.1, -0.05) is 37.3 Å². The predicted molar refractivity (Wildman–Crippen MR) is 59.5 cm³/mol. The second-order valence-corrected chi connectivity index (χ2v) is 4.17. The first-order chi connectivity index (χ1) is 7.24. The second-order valence-electron chi connectivity index (χ2n) is 4.17. The molecule has 1 aliphatic heterocycles. The van der Waals surface area contributed by atoms with Crippen molar-refractivity contribution in [3.8, 4) is 0 Å². The Hall–Kier alpha value is -0.860. The molecule has 2 atom stereocenters. The van der Waals surface area contributed by atoms with Gasteiger partial charge in [0, 0.05) is 6.42 Å². The molecular formula is C13H18O2. The topological polar surface area (TPSA) is 18.5 Å². The molecule has 1 heterocycles. The van der Waals surface area contributed by atoms with Crippen molar-refractivity contribution in [3.05, 3.63) is 35.9 Å². The molecule has 0 aliphatic carbocycles. The molecule has 0 aromatic heterocycles. The molecule has 1 aliphatic rings. The zero-order chi connectivity index (χ0) is 10.7. The fourth-order valence-electron chi connectivity index (χ4n) is 1.97. The summed E-state index contributed by atoms with van der Waals surface area (Å²) in [6.07, 6.45) is 1.78. The molecule has 1 aromatic rings. The van der Waals surface area contributed by atoms with Gasteiger partial charge in [-0.15, -0.1) is 0 Å². The third kappa shape index (κ3) is 2.21. The Morgan fingerprint density at radius 3 is 2.73 bits per heavy atom. The molecule has 1 saturated heterocycles. The molecule has 0 N–H and O–H groups in total. The fourth-order valence-corrected chi connectivity index (χ4v) is 1.97. The smallest absolute Gasteiger partial charge is 0.158 e. The van der Waals surface area contributed by atoms with E-state index >= 15 is 0 Å². The minimum absolute atomic E-state index is 0.0519. The Bertz CT molecular complexity index is 310. The van der Waals surface area contributed by atoms with E-state index in [1.54, 1.807) is 0 Å². The monoisotopic (exact) mass is 206 g/mol. The van der Waals surface area contributed by atoms with Crippen LogP contribution in [0.4, 0.5) is 0 Å². The maximum Gasteiger partial charge on any atom is 0.158 e. The van der Waals surface area contributed by atoms with Crippen molar-refractivity contribution in [2.24, 2.45) is 0 Å². The summed E-state index contributed by atoms with van der Waals surface area (Å²) in [5.41, 5.74) is 1.06. The zero-order valence-electron chi connectivity index (χ0n) is 9.40. The average Bonchev–Trinajstić information content (AvgIpc) is 2.30. The van der Waals surface area contributed by atoms with Crippen LogP contribution in [-0.4, -0.2) is 12.9 Å². The van der Waals surface area contributed by atoms with Crippen LogP contribution in [0.1, 0.15) is 32.3 Å². The lowest BCUT2D eigenvalue weighted by atomic mass is 9.92. The van der Waals surface area contributed by atoms with E-state index in [4.69, 9.17) is 9.47 Å². The zero-order valence-corrected chi connectivity index (χ0v) is 9.40. The first kappa shape index (κ1) is 10.7. The Morgan fingerprint density at radius 2 is 2.07 bits per heavy atom. The highest BCUT2D eigenvalue weighted by molar-refractivity contribution is 5.22. The van der Waals surface area contributed by atoms with Gasteiger partial charge in [0.15, 0.2) is 6.29 Å². The number of hydrogen-bond acceptors (Lipinski definition) is 2. The summed E-state index contributed by atoms with van der Waals surface area (Å²) in [4.78, 5) is 0. The van der Waals surface area contributed by atoms with E-state index < -0.39 is 0 Å². The first-order valence-electron chi connectivity index (χ1n) is 5.59. The largest absolute Gasteiger partial charge is 0.353 e. The van der Waals surface area contributed by atoms with E-state index in [1.807, 2.05) is 6.07 Å². The summed E-state index contributed by atoms with van der Waals surface area (Å²) >= 11 is 0. The van der Waals surface area contributed by atoms with Gasteiger partial charge in [0.2, 0.25) is 0 Å². The molecule has 1 aromatic carbocycles. The minimum atomic E-state index is -0.180. The van der Waals surface area contributed by atoms with Gasteiger partial charge < -0.3 is 9.47 Å². The quantitative estimate of drug-likeness (QED) is 0.740. The molecule has 2 heteroatoms. The highest BCUT2D eigenvalue weighted by atomic mass is 16.7. The Labute approximate surface area is 91.2 Å². The van der Waals surface area contributed by atoms with Crippen molar-refractivity contribution in [2.75, 3.05) is 6.61 Å². The summed E-state index contributed by atoms with van der Waals surface area (Å²) in [6.45, 7) is 5.01. The lowest BCUT2D eigenvalue weighted by molar-refractivity contribution is -0.256. The molecule has 82 valence electrons. The van der Waals surface area contributed by atoms with Crippen LogP contribution in [0.2, 0.25) is 0 Å². The normalized spacial score (nSPS) is 31.5. The van der Waals surface area contributed by atoms with Crippen molar-refractivity contribution < 1.29 is 9.47 Å². The molecule has 15 heavy (non-hydrogen) atoms. The molecule has 2 nitrogen and oxygen atoms in total. The molecule has 0 amide bonds. The van der Waals surface area contributed by atoms with Gasteiger partial charge in [-0.2, -0.15) is 0 Å². The van der Waals surface area contributed by atoms with Crippen molar-refractivity contribution in [2.45, 2.75) is 38.6 Å². The van der Waals surface area contributed by atoms with Gasteiger partial charge in [0.1, 0.15) is 0 Å². The summed E-state index contributed by atoms with van der Waals surface area (Å²) in [5.74, 6) is 0. The maximum atomic E-state index is 5.99. The summed E-state index contributed by atoms with van der Waals surface area (Å²) in [7, 11) is 0. The number of benzene rings is 1. The van der Waals surface area contributed by atoms with E-state index in [1.165, 1.54) is 5.56 Å². The molecule has 1 fully saturated rings. The van der Waals surface area contributed by atoms with Crippen molar-refractivity contribution in [3.63, 3.8) is 0 Å². The van der Waals surface area contributed by atoms with E-state index in [0.717, 1.165) is 19.4 Å². The van der Waals surface area contributed by atoms with Crippen LogP contribution >= 0.6 is 0 Å². The molecule has 0 radical (unpaired) electrons. The van der Waals surface area contributed by atoms with Gasteiger partial charge in [0.05, 0.1) is 12.2 Å². The van der Waals surface area contributed by atoms with E-state index in [-0.39, 0.29) is 11.9 Å². The molecule has 2 rings (SSSR count). The maximum absolute atomic E-state index is 5.99. The lowest BCUT2D eigenvalue weighted by Gasteiger charge is -2.38. The Morgan fingerprint density at radius 1 is 1.33 bits per heavy atom. The number of hydrogen-bond donors (Lipinski definition) is 0. The standard InChI is InChI=1S/C13H18O2/c1-3-12-14-10-9-13(2,15-12)11-7-5-4-6-8-11/h4-8,12H,3,9-10H2,1-2H3. The summed E-state index contributed by atoms with van der Waals surface area (Å²) in [6, 6.07) is 10.4. The summed E-state index contributed by atoms with van der Waals surface area (Å²) in [5, 5.41) is 0. The summed E-state index contributed by atoms with van der Waals surface area (Å²) < 4.78 is 11.5. The van der Waals surface area contributed by atoms with Crippen LogP contribution in [0.5, 0.6) is 0 Å². The van der Waals surface area contributed by atoms with Gasteiger partial charge >= 0.3 is 0 Å². The number of ether oxygens (including phenoxy) is 2.